The fourth-order valence-corrected chi connectivity index (χ4v) is 6.25. The van der Waals surface area contributed by atoms with Gasteiger partial charge in [-0.05, 0) is 114 Å². The number of halogens is 1. The van der Waals surface area contributed by atoms with E-state index in [4.69, 9.17) is 11.6 Å². The van der Waals surface area contributed by atoms with Crippen LogP contribution in [0.5, 0.6) is 0 Å². The number of hydrogen-bond acceptors (Lipinski definition) is 4. The Kier molecular flexibility index (Phi) is 6.89. The van der Waals surface area contributed by atoms with E-state index in [1.54, 1.807) is 6.20 Å². The molecule has 0 saturated heterocycles. The molecule has 3 aromatic heterocycles. The lowest BCUT2D eigenvalue weighted by Crippen LogP contribution is -2.33. The van der Waals surface area contributed by atoms with Crippen molar-refractivity contribution in [3.05, 3.63) is 41.8 Å². The van der Waals surface area contributed by atoms with Gasteiger partial charge in [-0.1, -0.05) is 11.6 Å². The zero-order chi connectivity index (χ0) is 22.8. The smallest absolute Gasteiger partial charge is 0.137 e. The van der Waals surface area contributed by atoms with E-state index in [-0.39, 0.29) is 0 Å². The summed E-state index contributed by atoms with van der Waals surface area (Å²) in [7, 11) is 4.46. The maximum absolute atomic E-state index is 6.42. The number of aromatic nitrogens is 3. The summed E-state index contributed by atoms with van der Waals surface area (Å²) >= 11 is 6.42. The summed E-state index contributed by atoms with van der Waals surface area (Å²) in [4.78, 5) is 14.7. The van der Waals surface area contributed by atoms with Gasteiger partial charge >= 0.3 is 0 Å². The first-order valence-electron chi connectivity index (χ1n) is 12.6. The molecule has 2 aliphatic rings. The second-order valence-electron chi connectivity index (χ2n) is 10.4. The van der Waals surface area contributed by atoms with Crippen molar-refractivity contribution in [1.29, 1.82) is 0 Å². The van der Waals surface area contributed by atoms with Gasteiger partial charge in [0, 0.05) is 35.4 Å². The van der Waals surface area contributed by atoms with E-state index in [2.05, 4.69) is 51.4 Å². The largest absolute Gasteiger partial charge is 0.367 e. The van der Waals surface area contributed by atoms with E-state index in [1.807, 2.05) is 18.3 Å². The van der Waals surface area contributed by atoms with Gasteiger partial charge in [-0.25, -0.2) is 9.97 Å². The number of fused-ring (bicyclic) bond motifs is 1. The zero-order valence-electron chi connectivity index (χ0n) is 19.9. The molecule has 0 spiro atoms. The molecule has 0 bridgehead atoms. The summed E-state index contributed by atoms with van der Waals surface area (Å²) in [5.41, 5.74) is 3.07. The first-order valence-corrected chi connectivity index (χ1v) is 13.0. The summed E-state index contributed by atoms with van der Waals surface area (Å²) in [5.74, 6) is 2.71. The van der Waals surface area contributed by atoms with Crippen molar-refractivity contribution in [2.75, 3.05) is 19.4 Å². The second kappa shape index (κ2) is 10.0. The van der Waals surface area contributed by atoms with E-state index >= 15 is 0 Å². The summed E-state index contributed by atoms with van der Waals surface area (Å²) in [6.07, 6.45) is 15.9. The molecular weight excluding hydrogens is 430 g/mol. The number of H-pyrrole nitrogens is 1. The lowest BCUT2D eigenvalue weighted by Gasteiger charge is -2.36. The highest BCUT2D eigenvalue weighted by Crippen LogP contribution is 2.37. The molecule has 2 fully saturated rings. The average Bonchev–Trinajstić information content (AvgIpc) is 3.25. The van der Waals surface area contributed by atoms with Crippen molar-refractivity contribution in [1.82, 2.24) is 19.9 Å². The minimum absolute atomic E-state index is 0.481. The molecule has 2 saturated carbocycles. The quantitative estimate of drug-likeness (QED) is 0.395. The molecule has 2 N–H and O–H groups in total. The third kappa shape index (κ3) is 5.36. The predicted molar refractivity (Wildman–Crippen MR) is 138 cm³/mol. The van der Waals surface area contributed by atoms with Crippen LogP contribution in [0, 0.1) is 11.8 Å². The molecular formula is C27H36ClN5. The van der Waals surface area contributed by atoms with E-state index in [0.29, 0.717) is 11.2 Å². The number of nitrogens with one attached hydrogen (secondary N) is 2. The Hall–Kier alpha value is -2.11. The summed E-state index contributed by atoms with van der Waals surface area (Å²) in [6.45, 7) is 0. The van der Waals surface area contributed by atoms with Gasteiger partial charge in [-0.2, -0.15) is 0 Å². The molecule has 5 rings (SSSR count). The lowest BCUT2D eigenvalue weighted by molar-refractivity contribution is 0.167. The third-order valence-electron chi connectivity index (χ3n) is 7.97. The van der Waals surface area contributed by atoms with Gasteiger partial charge in [0.1, 0.15) is 16.6 Å². The Labute approximate surface area is 202 Å². The molecule has 0 aromatic carbocycles. The minimum Gasteiger partial charge on any atom is -0.367 e. The van der Waals surface area contributed by atoms with Crippen LogP contribution >= 0.6 is 11.6 Å². The molecule has 176 valence electrons. The highest BCUT2D eigenvalue weighted by atomic mass is 35.5. The van der Waals surface area contributed by atoms with Crippen molar-refractivity contribution in [3.63, 3.8) is 0 Å². The van der Waals surface area contributed by atoms with Gasteiger partial charge in [0.05, 0.1) is 0 Å². The lowest BCUT2D eigenvalue weighted by atomic mass is 9.75. The van der Waals surface area contributed by atoms with Gasteiger partial charge in [-0.15, -0.1) is 0 Å². The minimum atomic E-state index is 0.481. The Morgan fingerprint density at radius 2 is 1.76 bits per heavy atom. The van der Waals surface area contributed by atoms with Crippen LogP contribution in [-0.2, 0) is 0 Å². The molecule has 0 amide bonds. The Morgan fingerprint density at radius 3 is 2.48 bits per heavy atom. The van der Waals surface area contributed by atoms with E-state index in [9.17, 15) is 0 Å². The van der Waals surface area contributed by atoms with E-state index in [1.165, 1.54) is 57.8 Å². The highest BCUT2D eigenvalue weighted by molar-refractivity contribution is 6.29. The molecule has 0 unspecified atom stereocenters. The Morgan fingerprint density at radius 1 is 1.03 bits per heavy atom. The number of aromatic amines is 1. The normalized spacial score (nSPS) is 26.1. The first-order chi connectivity index (χ1) is 16.0. The van der Waals surface area contributed by atoms with Gasteiger partial charge in [0.2, 0.25) is 0 Å². The number of pyridine rings is 2. The van der Waals surface area contributed by atoms with Gasteiger partial charge in [0.15, 0.2) is 0 Å². The van der Waals surface area contributed by atoms with E-state index in [0.717, 1.165) is 45.9 Å². The van der Waals surface area contributed by atoms with Gasteiger partial charge < -0.3 is 15.2 Å². The molecule has 5 nitrogen and oxygen atoms in total. The van der Waals surface area contributed by atoms with Crippen LogP contribution in [0.1, 0.15) is 57.8 Å². The number of anilines is 1. The molecule has 33 heavy (non-hydrogen) atoms. The van der Waals surface area contributed by atoms with Crippen molar-refractivity contribution in [2.45, 2.75) is 69.9 Å². The van der Waals surface area contributed by atoms with Gasteiger partial charge in [-0.3, -0.25) is 0 Å². The zero-order valence-corrected chi connectivity index (χ0v) is 20.6. The van der Waals surface area contributed by atoms with Crippen LogP contribution in [0.4, 0.5) is 5.82 Å². The molecule has 0 radical (unpaired) electrons. The van der Waals surface area contributed by atoms with Crippen molar-refractivity contribution in [3.8, 4) is 11.1 Å². The van der Waals surface area contributed by atoms with Crippen LogP contribution in [0.25, 0.3) is 22.2 Å². The van der Waals surface area contributed by atoms with Gasteiger partial charge in [0.25, 0.3) is 0 Å². The number of hydrogen-bond donors (Lipinski definition) is 2. The van der Waals surface area contributed by atoms with Crippen molar-refractivity contribution in [2.24, 2.45) is 11.8 Å². The SMILES string of the molecule is CN(C)C1CCC(CC2CCC(Nc3cc(-c4c[nH]c5ncccc45)cc(Cl)n3)CC2)CC1. The Balaban J connectivity index is 1.17. The maximum Gasteiger partial charge on any atom is 0.137 e. The van der Waals surface area contributed by atoms with Crippen molar-refractivity contribution >= 4 is 28.5 Å². The Bertz CT molecular complexity index is 1060. The fourth-order valence-electron chi connectivity index (χ4n) is 6.04. The third-order valence-corrected chi connectivity index (χ3v) is 8.16. The summed E-state index contributed by atoms with van der Waals surface area (Å²) < 4.78 is 0. The molecule has 0 aliphatic heterocycles. The molecule has 3 heterocycles. The van der Waals surface area contributed by atoms with Crippen LogP contribution in [-0.4, -0.2) is 46.0 Å². The summed E-state index contributed by atoms with van der Waals surface area (Å²) in [5, 5.41) is 5.31. The first kappa shape index (κ1) is 22.7. The number of rotatable bonds is 6. The van der Waals surface area contributed by atoms with Crippen LogP contribution in [0.3, 0.4) is 0 Å². The monoisotopic (exact) mass is 465 g/mol. The molecule has 2 aliphatic carbocycles. The summed E-state index contributed by atoms with van der Waals surface area (Å²) in [6, 6.07) is 9.39. The standard InChI is InChI=1S/C27H36ClN5/c1-33(2)22-11-7-19(8-12-22)14-18-5-9-21(10-6-18)31-26-16-20(15-25(28)32-26)24-17-30-27-23(24)4-3-13-29-27/h3-4,13,15-19,21-22H,5-12,14H2,1-2H3,(H,29,30)(H,31,32). The fraction of sp³-hybridized carbons (Fsp3) is 0.556. The average molecular weight is 466 g/mol. The molecule has 3 aromatic rings. The highest BCUT2D eigenvalue weighted by Gasteiger charge is 2.27. The number of nitrogens with zero attached hydrogens (tertiary/aromatic N) is 3. The molecule has 0 atom stereocenters. The van der Waals surface area contributed by atoms with E-state index < -0.39 is 0 Å². The van der Waals surface area contributed by atoms with Crippen molar-refractivity contribution < 1.29 is 0 Å². The predicted octanol–water partition coefficient (Wildman–Crippen LogP) is 6.76. The van der Waals surface area contributed by atoms with Crippen LogP contribution < -0.4 is 5.32 Å². The second-order valence-corrected chi connectivity index (χ2v) is 10.8. The maximum atomic E-state index is 6.42. The van der Waals surface area contributed by atoms with Crippen LogP contribution in [0.2, 0.25) is 5.15 Å². The van der Waals surface area contributed by atoms with Crippen LogP contribution in [0.15, 0.2) is 36.7 Å². The molecule has 6 heteroatoms. The topological polar surface area (TPSA) is 56.8 Å².